The van der Waals surface area contributed by atoms with E-state index in [1.165, 1.54) is 24.9 Å². The van der Waals surface area contributed by atoms with Crippen LogP contribution in [0.5, 0.6) is 5.75 Å². The van der Waals surface area contributed by atoms with E-state index in [1.54, 1.807) is 7.11 Å². The van der Waals surface area contributed by atoms with Gasteiger partial charge in [0.15, 0.2) is 0 Å². The van der Waals surface area contributed by atoms with Crippen LogP contribution in [0.15, 0.2) is 24.3 Å². The third-order valence-electron chi connectivity index (χ3n) is 5.22. The fraction of sp³-hybridized carbons (Fsp3) is 0.647. The Kier molecular flexibility index (Phi) is 4.59. The van der Waals surface area contributed by atoms with Gasteiger partial charge in [-0.15, -0.1) is 0 Å². The van der Waals surface area contributed by atoms with Gasteiger partial charge in [-0.25, -0.2) is 0 Å². The molecule has 20 heavy (non-hydrogen) atoms. The fourth-order valence-corrected chi connectivity index (χ4v) is 3.68. The molecule has 1 aromatic rings. The van der Waals surface area contributed by atoms with Crippen molar-refractivity contribution in [3.8, 4) is 5.75 Å². The van der Waals surface area contributed by atoms with Gasteiger partial charge in [0.05, 0.1) is 12.6 Å². The SMILES string of the molecule is COc1ccc(N(C)C2(CN)CCC(C)CC2C)cc1. The summed E-state index contributed by atoms with van der Waals surface area (Å²) in [6.45, 7) is 5.41. The topological polar surface area (TPSA) is 38.5 Å². The molecule has 0 radical (unpaired) electrons. The molecule has 3 heteroatoms. The predicted octanol–water partition coefficient (Wildman–Crippen LogP) is 3.29. The highest BCUT2D eigenvalue weighted by molar-refractivity contribution is 5.51. The van der Waals surface area contributed by atoms with Crippen LogP contribution in [0.25, 0.3) is 0 Å². The van der Waals surface area contributed by atoms with Crippen molar-refractivity contribution in [2.45, 2.75) is 38.6 Å². The second-order valence-electron chi connectivity index (χ2n) is 6.35. The van der Waals surface area contributed by atoms with Gasteiger partial charge >= 0.3 is 0 Å². The predicted molar refractivity (Wildman–Crippen MR) is 85.4 cm³/mol. The van der Waals surface area contributed by atoms with E-state index in [0.717, 1.165) is 11.7 Å². The van der Waals surface area contributed by atoms with Gasteiger partial charge in [0.1, 0.15) is 5.75 Å². The zero-order valence-electron chi connectivity index (χ0n) is 13.2. The monoisotopic (exact) mass is 276 g/mol. The maximum atomic E-state index is 6.20. The molecule has 1 aliphatic carbocycles. The molecule has 0 aromatic heterocycles. The summed E-state index contributed by atoms with van der Waals surface area (Å²) in [7, 11) is 3.88. The molecule has 0 spiro atoms. The van der Waals surface area contributed by atoms with Gasteiger partial charge in [-0.05, 0) is 55.4 Å². The molecule has 3 atom stereocenters. The Morgan fingerprint density at radius 3 is 2.45 bits per heavy atom. The van der Waals surface area contributed by atoms with E-state index < -0.39 is 0 Å². The molecule has 112 valence electrons. The van der Waals surface area contributed by atoms with Gasteiger partial charge in [-0.2, -0.15) is 0 Å². The number of benzene rings is 1. The van der Waals surface area contributed by atoms with Crippen molar-refractivity contribution in [1.82, 2.24) is 0 Å². The molecule has 0 amide bonds. The van der Waals surface area contributed by atoms with Crippen molar-refractivity contribution in [3.63, 3.8) is 0 Å². The van der Waals surface area contributed by atoms with E-state index >= 15 is 0 Å². The van der Waals surface area contributed by atoms with Gasteiger partial charge in [-0.1, -0.05) is 13.8 Å². The summed E-state index contributed by atoms with van der Waals surface area (Å²) in [6, 6.07) is 8.29. The molecule has 3 nitrogen and oxygen atoms in total. The van der Waals surface area contributed by atoms with Gasteiger partial charge < -0.3 is 15.4 Å². The normalized spacial score (nSPS) is 30.1. The van der Waals surface area contributed by atoms with E-state index in [-0.39, 0.29) is 5.54 Å². The van der Waals surface area contributed by atoms with Gasteiger partial charge in [0, 0.05) is 19.3 Å². The highest BCUT2D eigenvalue weighted by Gasteiger charge is 2.42. The molecule has 0 aliphatic heterocycles. The van der Waals surface area contributed by atoms with Crippen molar-refractivity contribution >= 4 is 5.69 Å². The molecule has 2 rings (SSSR count). The summed E-state index contributed by atoms with van der Waals surface area (Å²) in [5, 5.41) is 0. The number of methoxy groups -OCH3 is 1. The Balaban J connectivity index is 2.25. The summed E-state index contributed by atoms with van der Waals surface area (Å²) in [4.78, 5) is 2.39. The summed E-state index contributed by atoms with van der Waals surface area (Å²) in [5.74, 6) is 2.33. The fourth-order valence-electron chi connectivity index (χ4n) is 3.68. The van der Waals surface area contributed by atoms with Crippen molar-refractivity contribution in [3.05, 3.63) is 24.3 Å². The summed E-state index contributed by atoms with van der Waals surface area (Å²) < 4.78 is 5.24. The van der Waals surface area contributed by atoms with E-state index in [4.69, 9.17) is 10.5 Å². The van der Waals surface area contributed by atoms with Gasteiger partial charge in [-0.3, -0.25) is 0 Å². The lowest BCUT2D eigenvalue weighted by Gasteiger charge is -2.51. The molecular weight excluding hydrogens is 248 g/mol. The lowest BCUT2D eigenvalue weighted by molar-refractivity contribution is 0.164. The van der Waals surface area contributed by atoms with Crippen molar-refractivity contribution < 1.29 is 4.74 Å². The zero-order chi connectivity index (χ0) is 14.8. The Hall–Kier alpha value is -1.22. The molecule has 1 aromatic carbocycles. The number of anilines is 1. The van der Waals surface area contributed by atoms with Crippen molar-refractivity contribution in [2.75, 3.05) is 25.6 Å². The second kappa shape index (κ2) is 6.04. The maximum Gasteiger partial charge on any atom is 0.119 e. The van der Waals surface area contributed by atoms with Crippen LogP contribution in [0.3, 0.4) is 0 Å². The minimum Gasteiger partial charge on any atom is -0.497 e. The van der Waals surface area contributed by atoms with E-state index in [9.17, 15) is 0 Å². The smallest absolute Gasteiger partial charge is 0.119 e. The molecule has 1 saturated carbocycles. The van der Waals surface area contributed by atoms with Crippen LogP contribution in [-0.2, 0) is 0 Å². The first-order valence-electron chi connectivity index (χ1n) is 7.61. The van der Waals surface area contributed by atoms with Crippen LogP contribution in [-0.4, -0.2) is 26.2 Å². The number of ether oxygens (including phenoxy) is 1. The number of rotatable bonds is 4. The first-order chi connectivity index (χ1) is 9.53. The number of nitrogens with zero attached hydrogens (tertiary/aromatic N) is 1. The highest BCUT2D eigenvalue weighted by atomic mass is 16.5. The first-order valence-corrected chi connectivity index (χ1v) is 7.61. The van der Waals surface area contributed by atoms with Gasteiger partial charge in [0.2, 0.25) is 0 Å². The molecule has 2 N–H and O–H groups in total. The number of hydrogen-bond donors (Lipinski definition) is 1. The number of likely N-dealkylation sites (N-methyl/N-ethyl adjacent to an activating group) is 1. The highest BCUT2D eigenvalue weighted by Crippen LogP contribution is 2.41. The van der Waals surface area contributed by atoms with E-state index in [0.29, 0.717) is 12.5 Å². The summed E-state index contributed by atoms with van der Waals surface area (Å²) in [6.07, 6.45) is 3.70. The van der Waals surface area contributed by atoms with E-state index in [1.807, 2.05) is 12.1 Å². The molecule has 1 aliphatic rings. The van der Waals surface area contributed by atoms with Crippen molar-refractivity contribution in [1.29, 1.82) is 0 Å². The first kappa shape index (κ1) is 15.2. The lowest BCUT2D eigenvalue weighted by atomic mass is 9.69. The lowest BCUT2D eigenvalue weighted by Crippen LogP contribution is -2.59. The largest absolute Gasteiger partial charge is 0.497 e. The minimum atomic E-state index is 0.0844. The Bertz CT molecular complexity index is 431. The van der Waals surface area contributed by atoms with Crippen LogP contribution in [0.4, 0.5) is 5.69 Å². The van der Waals surface area contributed by atoms with Gasteiger partial charge in [0.25, 0.3) is 0 Å². The number of nitrogens with two attached hydrogens (primary N) is 1. The maximum absolute atomic E-state index is 6.20. The van der Waals surface area contributed by atoms with Crippen LogP contribution in [0.2, 0.25) is 0 Å². The van der Waals surface area contributed by atoms with Crippen LogP contribution < -0.4 is 15.4 Å². The third-order valence-corrected chi connectivity index (χ3v) is 5.22. The molecule has 0 heterocycles. The Morgan fingerprint density at radius 1 is 1.30 bits per heavy atom. The van der Waals surface area contributed by atoms with Crippen LogP contribution in [0, 0.1) is 11.8 Å². The van der Waals surface area contributed by atoms with Crippen LogP contribution in [0.1, 0.15) is 33.1 Å². The third kappa shape index (κ3) is 2.64. The minimum absolute atomic E-state index is 0.0844. The quantitative estimate of drug-likeness (QED) is 0.917. The Labute approximate surface area is 123 Å². The average Bonchev–Trinajstić information content (AvgIpc) is 2.47. The molecular formula is C17H28N2O. The molecule has 3 unspecified atom stereocenters. The molecule has 1 fully saturated rings. The summed E-state index contributed by atoms with van der Waals surface area (Å²) in [5.41, 5.74) is 7.51. The second-order valence-corrected chi connectivity index (χ2v) is 6.35. The zero-order valence-corrected chi connectivity index (χ0v) is 13.2. The summed E-state index contributed by atoms with van der Waals surface area (Å²) >= 11 is 0. The number of hydrogen-bond acceptors (Lipinski definition) is 3. The standard InChI is InChI=1S/C17H28N2O/c1-13-9-10-17(12-18,14(2)11-13)19(3)15-5-7-16(20-4)8-6-15/h5-8,13-14H,9-12,18H2,1-4H3. The Morgan fingerprint density at radius 2 is 1.95 bits per heavy atom. The van der Waals surface area contributed by atoms with E-state index in [2.05, 4.69) is 37.9 Å². The van der Waals surface area contributed by atoms with Crippen molar-refractivity contribution in [2.24, 2.45) is 17.6 Å². The van der Waals surface area contributed by atoms with Crippen LogP contribution >= 0.6 is 0 Å². The average molecular weight is 276 g/mol. The molecule has 0 bridgehead atoms. The molecule has 0 saturated heterocycles.